The topological polar surface area (TPSA) is 118 Å². The summed E-state index contributed by atoms with van der Waals surface area (Å²) in [4.78, 5) is 25.4. The Labute approximate surface area is 218 Å². The van der Waals surface area contributed by atoms with Gasteiger partial charge in [0.2, 0.25) is 5.88 Å². The van der Waals surface area contributed by atoms with E-state index in [1.54, 1.807) is 30.7 Å². The number of halogens is 3. The number of carbonyl (C=O) groups excluding carboxylic acids is 1. The van der Waals surface area contributed by atoms with Gasteiger partial charge in [0.1, 0.15) is 11.9 Å². The summed E-state index contributed by atoms with van der Waals surface area (Å²) in [6.07, 6.45) is 3.89. The van der Waals surface area contributed by atoms with Crippen molar-refractivity contribution in [3.05, 3.63) is 72.5 Å². The number of rotatable bonds is 10. The lowest BCUT2D eigenvalue weighted by atomic mass is 9.93. The molecule has 204 valence electrons. The zero-order valence-corrected chi connectivity index (χ0v) is 20.9. The van der Waals surface area contributed by atoms with Gasteiger partial charge in [-0.3, -0.25) is 4.98 Å². The fraction of sp³-hybridized carbons (Fsp3) is 0.385. The largest absolute Gasteiger partial charge is 0.494 e. The monoisotopic (exact) mass is 533 g/mol. The van der Waals surface area contributed by atoms with Crippen LogP contribution in [0.2, 0.25) is 0 Å². The number of nitrogens with one attached hydrogen (secondary N) is 2. The van der Waals surface area contributed by atoms with E-state index in [1.165, 1.54) is 13.2 Å². The molecule has 1 fully saturated rings. The maximum atomic E-state index is 12.6. The summed E-state index contributed by atoms with van der Waals surface area (Å²) in [6, 6.07) is 4.65. The number of aliphatic hydroxyl groups is 1. The van der Waals surface area contributed by atoms with E-state index in [4.69, 9.17) is 9.47 Å². The van der Waals surface area contributed by atoms with Gasteiger partial charge in [-0.05, 0) is 43.9 Å². The first-order valence-electron chi connectivity index (χ1n) is 12.0. The molecule has 2 aromatic rings. The van der Waals surface area contributed by atoms with Crippen LogP contribution in [0.4, 0.5) is 18.0 Å². The molecular weight excluding hydrogens is 503 g/mol. The minimum absolute atomic E-state index is 0.0395. The molecule has 2 heterocycles. The first kappa shape index (κ1) is 28.6. The maximum Gasteiger partial charge on any atom is 0.392 e. The average Bonchev–Trinajstić information content (AvgIpc) is 2.91. The van der Waals surface area contributed by atoms with Gasteiger partial charge in [0.15, 0.2) is 5.82 Å². The molecule has 1 saturated carbocycles. The molecule has 0 spiro atoms. The van der Waals surface area contributed by atoms with Gasteiger partial charge < -0.3 is 25.2 Å². The second kappa shape index (κ2) is 13.6. The summed E-state index contributed by atoms with van der Waals surface area (Å²) in [5.41, 5.74) is 0.704. The van der Waals surface area contributed by atoms with Gasteiger partial charge in [-0.25, -0.2) is 9.78 Å². The van der Waals surface area contributed by atoms with Crippen LogP contribution in [0.25, 0.3) is 11.4 Å². The fourth-order valence-electron chi connectivity index (χ4n) is 3.96. The van der Waals surface area contributed by atoms with E-state index in [9.17, 15) is 23.1 Å². The van der Waals surface area contributed by atoms with Crippen molar-refractivity contribution in [3.8, 4) is 17.3 Å². The summed E-state index contributed by atoms with van der Waals surface area (Å²) in [6.45, 7) is 2.88. The molecule has 2 aromatic heterocycles. The van der Waals surface area contributed by atoms with Gasteiger partial charge in [0.05, 0.1) is 25.8 Å². The zero-order chi connectivity index (χ0) is 27.5. The molecule has 0 saturated heterocycles. The number of pyridine rings is 1. The van der Waals surface area contributed by atoms with Crippen molar-refractivity contribution in [1.29, 1.82) is 0 Å². The summed E-state index contributed by atoms with van der Waals surface area (Å²) in [7, 11) is 1.23. The Morgan fingerprint density at radius 3 is 2.61 bits per heavy atom. The van der Waals surface area contributed by atoms with Crippen LogP contribution in [0.5, 0.6) is 5.88 Å². The number of aliphatic hydroxyl groups excluding tert-OH is 1. The third kappa shape index (κ3) is 8.58. The zero-order valence-electron chi connectivity index (χ0n) is 20.9. The molecule has 0 aromatic carbocycles. The lowest BCUT2D eigenvalue weighted by Gasteiger charge is -2.29. The van der Waals surface area contributed by atoms with Crippen molar-refractivity contribution in [2.24, 2.45) is 0 Å². The van der Waals surface area contributed by atoms with Gasteiger partial charge in [0.25, 0.3) is 0 Å². The minimum Gasteiger partial charge on any atom is -0.494 e. The second-order valence-corrected chi connectivity index (χ2v) is 8.51. The predicted octanol–water partition coefficient (Wildman–Crippen LogP) is 4.44. The molecule has 0 unspecified atom stereocenters. The second-order valence-electron chi connectivity index (χ2n) is 8.51. The highest BCUT2D eigenvalue weighted by molar-refractivity contribution is 5.77. The number of allylic oxidation sites excluding steroid dienone is 2. The Morgan fingerprint density at radius 2 is 2.00 bits per heavy atom. The quantitative estimate of drug-likeness (QED) is 0.305. The molecule has 3 rings (SSSR count). The number of aromatic nitrogens is 3. The third-order valence-electron chi connectivity index (χ3n) is 5.79. The van der Waals surface area contributed by atoms with Crippen LogP contribution in [-0.4, -0.2) is 58.1 Å². The first-order valence-corrected chi connectivity index (χ1v) is 12.0. The van der Waals surface area contributed by atoms with Crippen molar-refractivity contribution in [1.82, 2.24) is 25.6 Å². The molecule has 0 atom stereocenters. The Bertz CT molecular complexity index is 1150. The van der Waals surface area contributed by atoms with Crippen molar-refractivity contribution in [2.75, 3.05) is 13.7 Å². The van der Waals surface area contributed by atoms with E-state index in [0.29, 0.717) is 37.4 Å². The smallest absolute Gasteiger partial charge is 0.392 e. The molecule has 1 aliphatic rings. The Hall–Kier alpha value is -3.93. The lowest BCUT2D eigenvalue weighted by Crippen LogP contribution is -2.44. The van der Waals surface area contributed by atoms with E-state index in [-0.39, 0.29) is 29.2 Å². The van der Waals surface area contributed by atoms with Crippen LogP contribution in [0.15, 0.2) is 72.5 Å². The van der Waals surface area contributed by atoms with Crippen LogP contribution in [0.3, 0.4) is 0 Å². The first-order chi connectivity index (χ1) is 18.2. The summed E-state index contributed by atoms with van der Waals surface area (Å²) in [5.74, 6) is 0.871. The van der Waals surface area contributed by atoms with E-state index in [0.717, 1.165) is 11.6 Å². The number of alkyl halides is 3. The van der Waals surface area contributed by atoms with Crippen LogP contribution in [-0.2, 0) is 4.74 Å². The third-order valence-corrected chi connectivity index (χ3v) is 5.79. The molecule has 9 nitrogen and oxygen atoms in total. The molecule has 38 heavy (non-hydrogen) atoms. The predicted molar refractivity (Wildman–Crippen MR) is 134 cm³/mol. The van der Waals surface area contributed by atoms with E-state index >= 15 is 0 Å². The highest BCUT2D eigenvalue weighted by Gasteiger charge is 2.27. The lowest BCUT2D eigenvalue weighted by molar-refractivity contribution is -0.125. The van der Waals surface area contributed by atoms with Crippen molar-refractivity contribution in [2.45, 2.75) is 50.4 Å². The highest BCUT2D eigenvalue weighted by atomic mass is 19.4. The molecule has 0 radical (unpaired) electrons. The van der Waals surface area contributed by atoms with Crippen molar-refractivity contribution in [3.63, 3.8) is 0 Å². The Morgan fingerprint density at radius 1 is 1.24 bits per heavy atom. The van der Waals surface area contributed by atoms with Crippen molar-refractivity contribution < 1.29 is 32.5 Å². The minimum atomic E-state index is -4.45. The van der Waals surface area contributed by atoms with Crippen LogP contribution < -0.4 is 15.4 Å². The van der Waals surface area contributed by atoms with Gasteiger partial charge in [-0.2, -0.15) is 18.2 Å². The van der Waals surface area contributed by atoms with Gasteiger partial charge in [0, 0.05) is 41.8 Å². The van der Waals surface area contributed by atoms with Crippen LogP contribution >= 0.6 is 0 Å². The molecule has 0 bridgehead atoms. The number of hydrogen-bond donors (Lipinski definition) is 3. The number of urea groups is 1. The highest BCUT2D eigenvalue weighted by Crippen LogP contribution is 2.25. The normalized spacial score (nSPS) is 18.7. The molecular formula is C26H30F3N5O4. The van der Waals surface area contributed by atoms with Gasteiger partial charge >= 0.3 is 12.2 Å². The van der Waals surface area contributed by atoms with Gasteiger partial charge in [-0.1, -0.05) is 12.7 Å². The summed E-state index contributed by atoms with van der Waals surface area (Å²) in [5, 5.41) is 14.9. The molecule has 1 aliphatic carbocycles. The molecule has 12 heteroatoms. The van der Waals surface area contributed by atoms with Crippen LogP contribution in [0, 0.1) is 0 Å². The van der Waals surface area contributed by atoms with Crippen LogP contribution in [0.1, 0.15) is 32.1 Å². The number of carbonyl (C=O) groups is 1. The number of nitrogens with zero attached hydrogens (tertiary/aromatic N) is 3. The molecule has 2 amide bonds. The molecule has 3 N–H and O–H groups in total. The summed E-state index contributed by atoms with van der Waals surface area (Å²) < 4.78 is 49.0. The maximum absolute atomic E-state index is 12.6. The van der Waals surface area contributed by atoms with Crippen molar-refractivity contribution >= 4 is 6.03 Å². The molecule has 0 aliphatic heterocycles. The number of hydrogen-bond acceptors (Lipinski definition) is 7. The Kier molecular flexibility index (Phi) is 10.2. The number of amides is 2. The van der Waals surface area contributed by atoms with E-state index in [1.807, 2.05) is 6.07 Å². The average molecular weight is 534 g/mol. The number of methoxy groups -OCH3 is 1. The van der Waals surface area contributed by atoms with E-state index < -0.39 is 25.2 Å². The van der Waals surface area contributed by atoms with E-state index in [2.05, 4.69) is 32.2 Å². The van der Waals surface area contributed by atoms with Gasteiger partial charge in [-0.15, -0.1) is 0 Å². The summed E-state index contributed by atoms with van der Waals surface area (Å²) >= 11 is 0. The SMILES string of the molecule is C=C/C(NC(=O)N[C@H]1CC[C@H](Oc2ccnc(-c3cccnc3)n2)CC1)=C(OC)\C(=C/CC(F)(F)F)CO. The standard InChI is InChI=1S/C26H30F3N5O4/c1-3-21(23(37-2)18(16-35)10-12-26(27,28)29)33-25(36)32-19-6-8-20(9-7-19)38-22-11-14-31-24(34-22)17-5-4-13-30-15-17/h3-5,10-11,13-15,19-20,35H,1,6-9,12,16H2,2H3,(H2,32,33,36)/b18-10-,23-21-/t19-,20-. The number of ether oxygens (including phenoxy) is 2. The fourth-order valence-corrected chi connectivity index (χ4v) is 3.96. The Balaban J connectivity index is 1.54.